The molecule has 1 heterocycles. The number of nitrogens with one attached hydrogen (secondary N) is 1. The molecule has 3 amide bonds. The topological polar surface area (TPSA) is 110 Å². The average Bonchev–Trinajstić information content (AvgIpc) is 3.00. The molecule has 3 aromatic rings. The molecule has 0 aromatic heterocycles. The van der Waals surface area contributed by atoms with E-state index in [1.165, 1.54) is 30.3 Å². The fraction of sp³-hybridized carbons (Fsp3) is 0. The number of benzene rings is 3. The van der Waals surface area contributed by atoms with Crippen LogP contribution in [0.1, 0.15) is 31.1 Å². The van der Waals surface area contributed by atoms with Gasteiger partial charge in [0.2, 0.25) is 5.82 Å². The van der Waals surface area contributed by atoms with Gasteiger partial charge < -0.3 is 5.32 Å². The molecule has 1 N–H and O–H groups in total. The van der Waals surface area contributed by atoms with E-state index in [0.717, 1.165) is 17.0 Å². The van der Waals surface area contributed by atoms with Crippen LogP contribution in [-0.2, 0) is 0 Å². The summed E-state index contributed by atoms with van der Waals surface area (Å²) in [5, 5.41) is 13.3. The molecule has 0 bridgehead atoms. The molecular weight excluding hydrogens is 393 g/mol. The van der Waals surface area contributed by atoms with E-state index in [9.17, 15) is 28.9 Å². The van der Waals surface area contributed by atoms with Crippen LogP contribution < -0.4 is 10.2 Å². The quantitative estimate of drug-likeness (QED) is 0.403. The highest BCUT2D eigenvalue weighted by atomic mass is 19.1. The number of imide groups is 1. The average molecular weight is 405 g/mol. The Bertz CT molecular complexity index is 1190. The highest BCUT2D eigenvalue weighted by Gasteiger charge is 2.36. The van der Waals surface area contributed by atoms with Crippen LogP contribution in [0.5, 0.6) is 0 Å². The van der Waals surface area contributed by atoms with Crippen molar-refractivity contribution in [3.8, 4) is 0 Å². The zero-order chi connectivity index (χ0) is 21.4. The van der Waals surface area contributed by atoms with Crippen molar-refractivity contribution in [2.45, 2.75) is 0 Å². The second kappa shape index (κ2) is 7.21. The van der Waals surface area contributed by atoms with E-state index in [1.807, 2.05) is 0 Å². The minimum atomic E-state index is -1.01. The Labute approximate surface area is 168 Å². The van der Waals surface area contributed by atoms with E-state index in [4.69, 9.17) is 0 Å². The van der Waals surface area contributed by atoms with Gasteiger partial charge >= 0.3 is 5.69 Å². The molecule has 0 atom stereocenters. The molecule has 1 aliphatic rings. The number of rotatable bonds is 4. The molecule has 0 saturated carbocycles. The van der Waals surface area contributed by atoms with Gasteiger partial charge in [0.05, 0.1) is 21.7 Å². The molecule has 0 radical (unpaired) electrons. The van der Waals surface area contributed by atoms with Gasteiger partial charge in [-0.2, -0.15) is 4.39 Å². The normalized spacial score (nSPS) is 12.6. The highest BCUT2D eigenvalue weighted by Crippen LogP contribution is 2.28. The Hall–Kier alpha value is -4.40. The number of halogens is 1. The van der Waals surface area contributed by atoms with E-state index in [0.29, 0.717) is 16.8 Å². The lowest BCUT2D eigenvalue weighted by atomic mass is 10.1. The summed E-state index contributed by atoms with van der Waals surface area (Å²) in [6.45, 7) is 0. The van der Waals surface area contributed by atoms with Crippen molar-refractivity contribution in [1.29, 1.82) is 0 Å². The van der Waals surface area contributed by atoms with Crippen LogP contribution in [0.3, 0.4) is 0 Å². The number of amides is 3. The van der Waals surface area contributed by atoms with Crippen molar-refractivity contribution < 1.29 is 23.7 Å². The molecule has 148 valence electrons. The van der Waals surface area contributed by atoms with Crippen LogP contribution in [0.25, 0.3) is 0 Å². The summed E-state index contributed by atoms with van der Waals surface area (Å²) >= 11 is 0. The fourth-order valence-corrected chi connectivity index (χ4v) is 3.12. The van der Waals surface area contributed by atoms with E-state index in [2.05, 4.69) is 5.32 Å². The maximum Gasteiger partial charge on any atom is 0.306 e. The number of anilines is 2. The molecule has 30 heavy (non-hydrogen) atoms. The van der Waals surface area contributed by atoms with Crippen molar-refractivity contribution in [3.05, 3.63) is 99.4 Å². The lowest BCUT2D eigenvalue weighted by Crippen LogP contribution is -2.29. The number of nitro groups is 1. The van der Waals surface area contributed by atoms with Gasteiger partial charge in [-0.1, -0.05) is 12.1 Å². The predicted molar refractivity (Wildman–Crippen MR) is 105 cm³/mol. The zero-order valence-corrected chi connectivity index (χ0v) is 15.2. The molecule has 4 rings (SSSR count). The monoisotopic (exact) mass is 405 g/mol. The Morgan fingerprint density at radius 3 is 2.10 bits per heavy atom. The maximum absolute atomic E-state index is 13.4. The summed E-state index contributed by atoms with van der Waals surface area (Å²) in [5.41, 5.74) is 0.397. The van der Waals surface area contributed by atoms with Crippen LogP contribution in [-0.4, -0.2) is 22.6 Å². The summed E-state index contributed by atoms with van der Waals surface area (Å²) in [5.74, 6) is -2.51. The molecule has 1 aliphatic heterocycles. The van der Waals surface area contributed by atoms with Crippen LogP contribution in [0.2, 0.25) is 0 Å². The van der Waals surface area contributed by atoms with Gasteiger partial charge in [0.1, 0.15) is 0 Å². The number of hydrogen-bond donors (Lipinski definition) is 1. The lowest BCUT2D eigenvalue weighted by Gasteiger charge is -2.14. The number of carbonyl (C=O) groups excluding carboxylic acids is 3. The maximum atomic E-state index is 13.4. The molecule has 0 unspecified atom stereocenters. The molecule has 0 aliphatic carbocycles. The lowest BCUT2D eigenvalue weighted by molar-refractivity contribution is -0.387. The summed E-state index contributed by atoms with van der Waals surface area (Å²) in [6, 6.07) is 15.2. The van der Waals surface area contributed by atoms with E-state index in [-0.39, 0.29) is 11.3 Å². The minimum absolute atomic E-state index is 0.0533. The first kappa shape index (κ1) is 18.9. The Balaban J connectivity index is 1.54. The summed E-state index contributed by atoms with van der Waals surface area (Å²) in [7, 11) is 0. The van der Waals surface area contributed by atoms with Crippen molar-refractivity contribution in [3.63, 3.8) is 0 Å². The van der Waals surface area contributed by atoms with Gasteiger partial charge in [-0.25, -0.2) is 4.90 Å². The minimum Gasteiger partial charge on any atom is -0.322 e. The molecular formula is C21H12FN3O5. The van der Waals surface area contributed by atoms with Gasteiger partial charge in [0.25, 0.3) is 17.7 Å². The van der Waals surface area contributed by atoms with Crippen molar-refractivity contribution >= 4 is 34.8 Å². The standard InChI is InChI=1S/C21H12FN3O5/c22-17-10-7-13(11-18(17)25(29)30)23-19(26)12-5-8-14(9-6-12)24-20(27)15-3-1-2-4-16(15)21(24)28/h1-11H,(H,23,26). The number of nitro benzene ring substituents is 1. The molecule has 3 aromatic carbocycles. The Morgan fingerprint density at radius 1 is 0.933 bits per heavy atom. The Morgan fingerprint density at radius 2 is 1.53 bits per heavy atom. The number of hydrogen-bond acceptors (Lipinski definition) is 5. The van der Waals surface area contributed by atoms with Crippen molar-refractivity contribution in [2.24, 2.45) is 0 Å². The van der Waals surface area contributed by atoms with Crippen LogP contribution in [0, 0.1) is 15.9 Å². The zero-order valence-electron chi connectivity index (χ0n) is 15.2. The first-order valence-electron chi connectivity index (χ1n) is 8.70. The first-order chi connectivity index (χ1) is 14.4. The van der Waals surface area contributed by atoms with Crippen LogP contribution >= 0.6 is 0 Å². The first-order valence-corrected chi connectivity index (χ1v) is 8.70. The third-order valence-electron chi connectivity index (χ3n) is 4.58. The smallest absolute Gasteiger partial charge is 0.306 e. The van der Waals surface area contributed by atoms with Crippen LogP contribution in [0.4, 0.5) is 21.5 Å². The van der Waals surface area contributed by atoms with Crippen molar-refractivity contribution in [2.75, 3.05) is 10.2 Å². The Kier molecular flexibility index (Phi) is 4.55. The molecule has 9 heteroatoms. The summed E-state index contributed by atoms with van der Waals surface area (Å²) < 4.78 is 13.4. The van der Waals surface area contributed by atoms with Gasteiger partial charge in [0, 0.05) is 17.3 Å². The fourth-order valence-electron chi connectivity index (χ4n) is 3.12. The predicted octanol–water partition coefficient (Wildman–Crippen LogP) is 3.79. The highest BCUT2D eigenvalue weighted by molar-refractivity contribution is 6.34. The summed E-state index contributed by atoms with van der Waals surface area (Å²) in [4.78, 5) is 48.4. The second-order valence-corrected chi connectivity index (χ2v) is 6.42. The van der Waals surface area contributed by atoms with E-state index < -0.39 is 34.1 Å². The van der Waals surface area contributed by atoms with Crippen molar-refractivity contribution in [1.82, 2.24) is 0 Å². The third kappa shape index (κ3) is 3.18. The number of fused-ring (bicyclic) bond motifs is 1. The van der Waals surface area contributed by atoms with Gasteiger partial charge in [-0.05, 0) is 48.5 Å². The molecule has 0 spiro atoms. The summed E-state index contributed by atoms with van der Waals surface area (Å²) in [6.07, 6.45) is 0. The SMILES string of the molecule is O=C(Nc1ccc(F)c([N+](=O)[O-])c1)c1ccc(N2C(=O)c3ccccc3C2=O)cc1. The molecule has 0 fully saturated rings. The van der Waals surface area contributed by atoms with Gasteiger partial charge in [-0.15, -0.1) is 0 Å². The molecule has 0 saturated heterocycles. The number of carbonyl (C=O) groups is 3. The van der Waals surface area contributed by atoms with Gasteiger partial charge in [-0.3, -0.25) is 24.5 Å². The van der Waals surface area contributed by atoms with E-state index >= 15 is 0 Å². The molecule has 8 nitrogen and oxygen atoms in total. The largest absolute Gasteiger partial charge is 0.322 e. The third-order valence-corrected chi connectivity index (χ3v) is 4.58. The van der Waals surface area contributed by atoms with Gasteiger partial charge in [0.15, 0.2) is 0 Å². The van der Waals surface area contributed by atoms with E-state index in [1.54, 1.807) is 24.3 Å². The second-order valence-electron chi connectivity index (χ2n) is 6.42. The van der Waals surface area contributed by atoms with Crippen LogP contribution in [0.15, 0.2) is 66.7 Å². The number of nitrogens with zero attached hydrogens (tertiary/aromatic N) is 2.